The van der Waals surface area contributed by atoms with Crippen LogP contribution in [0.1, 0.15) is 52.4 Å². The van der Waals surface area contributed by atoms with Crippen molar-refractivity contribution >= 4 is 11.9 Å². The highest BCUT2D eigenvalue weighted by Crippen LogP contribution is 2.32. The van der Waals surface area contributed by atoms with Gasteiger partial charge in [-0.3, -0.25) is 9.59 Å². The van der Waals surface area contributed by atoms with Gasteiger partial charge in [-0.1, -0.05) is 12.8 Å². The van der Waals surface area contributed by atoms with Crippen molar-refractivity contribution in [3.05, 3.63) is 0 Å². The highest BCUT2D eigenvalue weighted by molar-refractivity contribution is 5.83. The first kappa shape index (κ1) is 15.3. The van der Waals surface area contributed by atoms with E-state index in [0.29, 0.717) is 6.04 Å². The van der Waals surface area contributed by atoms with E-state index in [-0.39, 0.29) is 18.5 Å². The Morgan fingerprint density at radius 2 is 1.90 bits per heavy atom. The standard InChI is InChI=1S/C15H26N2O3/c1-15(2,14(19)20)9-16-13(18)12-8-7-10-5-3-4-6-11(10)17-12/h10-12,17H,3-9H2,1-2H3,(H,16,18)(H,19,20). The summed E-state index contributed by atoms with van der Waals surface area (Å²) >= 11 is 0. The molecule has 20 heavy (non-hydrogen) atoms. The average molecular weight is 282 g/mol. The van der Waals surface area contributed by atoms with Gasteiger partial charge < -0.3 is 15.7 Å². The monoisotopic (exact) mass is 282 g/mol. The molecule has 2 fully saturated rings. The van der Waals surface area contributed by atoms with Gasteiger partial charge in [0.05, 0.1) is 11.5 Å². The molecular formula is C15H26N2O3. The zero-order chi connectivity index (χ0) is 14.8. The second kappa shape index (κ2) is 6.12. The predicted molar refractivity (Wildman–Crippen MR) is 76.3 cm³/mol. The van der Waals surface area contributed by atoms with Crippen LogP contribution >= 0.6 is 0 Å². The summed E-state index contributed by atoms with van der Waals surface area (Å²) in [7, 11) is 0. The highest BCUT2D eigenvalue weighted by atomic mass is 16.4. The summed E-state index contributed by atoms with van der Waals surface area (Å²) in [5.74, 6) is -0.214. The van der Waals surface area contributed by atoms with Gasteiger partial charge in [-0.05, 0) is 45.4 Å². The number of carbonyl (C=O) groups excluding carboxylic acids is 1. The van der Waals surface area contributed by atoms with Crippen molar-refractivity contribution in [3.8, 4) is 0 Å². The van der Waals surface area contributed by atoms with Gasteiger partial charge in [0.2, 0.25) is 5.91 Å². The van der Waals surface area contributed by atoms with Crippen molar-refractivity contribution in [1.29, 1.82) is 0 Å². The summed E-state index contributed by atoms with van der Waals surface area (Å²) in [5, 5.41) is 15.3. The number of nitrogens with one attached hydrogen (secondary N) is 2. The first-order chi connectivity index (χ1) is 9.40. The van der Waals surface area contributed by atoms with E-state index in [0.717, 1.165) is 25.2 Å². The van der Waals surface area contributed by atoms with Crippen molar-refractivity contribution in [2.45, 2.75) is 64.5 Å². The van der Waals surface area contributed by atoms with E-state index >= 15 is 0 Å². The molecule has 0 aromatic heterocycles. The fourth-order valence-corrected chi connectivity index (χ4v) is 3.21. The van der Waals surface area contributed by atoms with Crippen LogP contribution in [-0.2, 0) is 9.59 Å². The molecule has 1 aliphatic heterocycles. The van der Waals surface area contributed by atoms with Crippen LogP contribution in [-0.4, -0.2) is 35.6 Å². The van der Waals surface area contributed by atoms with Crippen molar-refractivity contribution in [2.75, 3.05) is 6.54 Å². The Kier molecular flexibility index (Phi) is 4.68. The molecule has 1 heterocycles. The third-order valence-corrected chi connectivity index (χ3v) is 4.75. The summed E-state index contributed by atoms with van der Waals surface area (Å²) in [6, 6.07) is 0.319. The number of hydrogen-bond donors (Lipinski definition) is 3. The van der Waals surface area contributed by atoms with Gasteiger partial charge in [0.1, 0.15) is 0 Å². The molecule has 2 aliphatic rings. The molecule has 2 rings (SSSR count). The van der Waals surface area contributed by atoms with Crippen LogP contribution in [0.4, 0.5) is 0 Å². The van der Waals surface area contributed by atoms with Crippen molar-refractivity contribution in [1.82, 2.24) is 10.6 Å². The number of carboxylic acid groups (broad SMARTS) is 1. The van der Waals surface area contributed by atoms with Gasteiger partial charge in [0.25, 0.3) is 0 Å². The second-order valence-electron chi connectivity index (χ2n) is 6.85. The molecule has 1 saturated carbocycles. The lowest BCUT2D eigenvalue weighted by atomic mass is 9.77. The number of carboxylic acids is 1. The Labute approximate surface area is 120 Å². The maximum Gasteiger partial charge on any atom is 0.310 e. The molecule has 0 bridgehead atoms. The lowest BCUT2D eigenvalue weighted by molar-refractivity contribution is -0.146. The fourth-order valence-electron chi connectivity index (χ4n) is 3.21. The van der Waals surface area contributed by atoms with Gasteiger partial charge in [0.15, 0.2) is 0 Å². The molecule has 5 heteroatoms. The van der Waals surface area contributed by atoms with Crippen molar-refractivity contribution in [2.24, 2.45) is 11.3 Å². The molecular weight excluding hydrogens is 256 g/mol. The minimum atomic E-state index is -0.919. The summed E-state index contributed by atoms with van der Waals surface area (Å²) in [6.45, 7) is 3.43. The van der Waals surface area contributed by atoms with Gasteiger partial charge in [-0.2, -0.15) is 0 Å². The van der Waals surface area contributed by atoms with Crippen LogP contribution in [0.25, 0.3) is 0 Å². The van der Waals surface area contributed by atoms with E-state index < -0.39 is 11.4 Å². The number of carbonyl (C=O) groups is 2. The normalized spacial score (nSPS) is 30.4. The van der Waals surface area contributed by atoms with E-state index in [1.54, 1.807) is 13.8 Å². The topological polar surface area (TPSA) is 78.4 Å². The zero-order valence-corrected chi connectivity index (χ0v) is 12.4. The Balaban J connectivity index is 1.83. The van der Waals surface area contributed by atoms with E-state index in [1.807, 2.05) is 0 Å². The van der Waals surface area contributed by atoms with Gasteiger partial charge in [-0.15, -0.1) is 0 Å². The minimum absolute atomic E-state index is 0.0525. The van der Waals surface area contributed by atoms with Crippen LogP contribution in [0.5, 0.6) is 0 Å². The summed E-state index contributed by atoms with van der Waals surface area (Å²) < 4.78 is 0. The smallest absolute Gasteiger partial charge is 0.310 e. The molecule has 0 aromatic carbocycles. The van der Waals surface area contributed by atoms with Gasteiger partial charge >= 0.3 is 5.97 Å². The number of rotatable bonds is 4. The molecule has 114 valence electrons. The maximum absolute atomic E-state index is 12.2. The quantitative estimate of drug-likeness (QED) is 0.730. The van der Waals surface area contributed by atoms with Gasteiger partial charge in [-0.25, -0.2) is 0 Å². The van der Waals surface area contributed by atoms with Crippen molar-refractivity contribution in [3.63, 3.8) is 0 Å². The lowest BCUT2D eigenvalue weighted by Crippen LogP contribution is -2.56. The minimum Gasteiger partial charge on any atom is -0.481 e. The van der Waals surface area contributed by atoms with Crippen LogP contribution in [0, 0.1) is 11.3 Å². The predicted octanol–water partition coefficient (Wildman–Crippen LogP) is 1.52. The summed E-state index contributed by atoms with van der Waals surface area (Å²) in [6.07, 6.45) is 6.97. The largest absolute Gasteiger partial charge is 0.481 e. The maximum atomic E-state index is 12.2. The van der Waals surface area contributed by atoms with Crippen LogP contribution in [0.15, 0.2) is 0 Å². The lowest BCUT2D eigenvalue weighted by Gasteiger charge is -2.40. The van der Waals surface area contributed by atoms with E-state index in [9.17, 15) is 9.59 Å². The molecule has 1 aliphatic carbocycles. The SMILES string of the molecule is CC(C)(CNC(=O)C1CCC2CCCCC2N1)C(=O)O. The second-order valence-corrected chi connectivity index (χ2v) is 6.85. The Morgan fingerprint density at radius 1 is 1.20 bits per heavy atom. The van der Waals surface area contributed by atoms with Crippen molar-refractivity contribution < 1.29 is 14.7 Å². The molecule has 3 N–H and O–H groups in total. The zero-order valence-electron chi connectivity index (χ0n) is 12.4. The highest BCUT2D eigenvalue weighted by Gasteiger charge is 2.35. The molecule has 0 radical (unpaired) electrons. The van der Waals surface area contributed by atoms with Crippen LogP contribution in [0.2, 0.25) is 0 Å². The third kappa shape index (κ3) is 3.51. The Morgan fingerprint density at radius 3 is 2.60 bits per heavy atom. The van der Waals surface area contributed by atoms with Crippen LogP contribution in [0.3, 0.4) is 0 Å². The molecule has 0 spiro atoms. The van der Waals surface area contributed by atoms with E-state index in [1.165, 1.54) is 19.3 Å². The number of fused-ring (bicyclic) bond motifs is 1. The molecule has 0 aromatic rings. The Hall–Kier alpha value is -1.10. The molecule has 3 atom stereocenters. The molecule has 5 nitrogen and oxygen atoms in total. The van der Waals surface area contributed by atoms with E-state index in [2.05, 4.69) is 10.6 Å². The van der Waals surface area contributed by atoms with Crippen LogP contribution < -0.4 is 10.6 Å². The number of hydrogen-bond acceptors (Lipinski definition) is 3. The first-order valence-electron chi connectivity index (χ1n) is 7.67. The number of aliphatic carboxylic acids is 1. The number of piperidine rings is 1. The van der Waals surface area contributed by atoms with E-state index in [4.69, 9.17) is 5.11 Å². The Bertz CT molecular complexity index is 381. The summed E-state index contributed by atoms with van der Waals surface area (Å²) in [4.78, 5) is 23.2. The molecule has 3 unspecified atom stereocenters. The number of amides is 1. The molecule has 1 amide bonds. The summed E-state index contributed by atoms with van der Waals surface area (Å²) in [5.41, 5.74) is -0.919. The third-order valence-electron chi connectivity index (χ3n) is 4.75. The average Bonchev–Trinajstić information content (AvgIpc) is 2.44. The first-order valence-corrected chi connectivity index (χ1v) is 7.67. The van der Waals surface area contributed by atoms with Gasteiger partial charge in [0, 0.05) is 12.6 Å². The molecule has 1 saturated heterocycles. The fraction of sp³-hybridized carbons (Fsp3) is 0.867.